The maximum atomic E-state index is 13.7. The fraction of sp³-hybridized carbons (Fsp3) is 0.500. The fourth-order valence-electron chi connectivity index (χ4n) is 1.50. The molecule has 2 N–H and O–H groups in total. The molecular formula is C12H17BrFN. The quantitative estimate of drug-likeness (QED) is 0.895. The fourth-order valence-corrected chi connectivity index (χ4v) is 2.02. The molecule has 0 saturated heterocycles. The average Bonchev–Trinajstić information content (AvgIpc) is 2.11. The van der Waals surface area contributed by atoms with E-state index in [0.717, 1.165) is 5.56 Å². The molecule has 1 nitrogen and oxygen atoms in total. The zero-order valence-electron chi connectivity index (χ0n) is 9.35. The molecule has 0 spiro atoms. The van der Waals surface area contributed by atoms with Crippen molar-refractivity contribution in [2.75, 3.05) is 0 Å². The van der Waals surface area contributed by atoms with Crippen LogP contribution in [0.5, 0.6) is 0 Å². The minimum absolute atomic E-state index is 0.0196. The summed E-state index contributed by atoms with van der Waals surface area (Å²) in [6, 6.07) is 3.73. The molecular weight excluding hydrogens is 257 g/mol. The molecule has 0 fully saturated rings. The highest BCUT2D eigenvalue weighted by molar-refractivity contribution is 9.10. The third kappa shape index (κ3) is 3.28. The van der Waals surface area contributed by atoms with Gasteiger partial charge >= 0.3 is 0 Å². The van der Waals surface area contributed by atoms with Crippen molar-refractivity contribution in [3.63, 3.8) is 0 Å². The first kappa shape index (κ1) is 12.7. The Hall–Kier alpha value is -0.410. The first-order chi connectivity index (χ1) is 6.91. The van der Waals surface area contributed by atoms with Crippen molar-refractivity contribution in [3.8, 4) is 0 Å². The highest BCUT2D eigenvalue weighted by Gasteiger charge is 2.12. The first-order valence-corrected chi connectivity index (χ1v) is 5.94. The number of nitrogens with two attached hydrogens (primary N) is 1. The van der Waals surface area contributed by atoms with Crippen molar-refractivity contribution in [2.45, 2.75) is 39.2 Å². The predicted molar refractivity (Wildman–Crippen MR) is 65.5 cm³/mol. The van der Waals surface area contributed by atoms with Gasteiger partial charge in [0, 0.05) is 6.04 Å². The SMILES string of the molecule is CC(N)Cc1cc(C(C)C)cc(Br)c1F. The van der Waals surface area contributed by atoms with Gasteiger partial charge in [-0.05, 0) is 52.4 Å². The average molecular weight is 274 g/mol. The molecule has 1 aromatic carbocycles. The Morgan fingerprint density at radius 2 is 1.93 bits per heavy atom. The lowest BCUT2D eigenvalue weighted by molar-refractivity contribution is 0.588. The van der Waals surface area contributed by atoms with Crippen molar-refractivity contribution in [1.29, 1.82) is 0 Å². The summed E-state index contributed by atoms with van der Waals surface area (Å²) in [5.74, 6) is 0.213. The van der Waals surface area contributed by atoms with Crippen LogP contribution in [0.25, 0.3) is 0 Å². The van der Waals surface area contributed by atoms with Crippen LogP contribution in [0, 0.1) is 5.82 Å². The van der Waals surface area contributed by atoms with Gasteiger partial charge in [0.1, 0.15) is 5.82 Å². The van der Waals surface area contributed by atoms with Crippen molar-refractivity contribution >= 4 is 15.9 Å². The summed E-state index contributed by atoms with van der Waals surface area (Å²) >= 11 is 3.24. The van der Waals surface area contributed by atoms with E-state index >= 15 is 0 Å². The van der Waals surface area contributed by atoms with E-state index in [9.17, 15) is 4.39 Å². The normalized spacial score (nSPS) is 13.3. The Morgan fingerprint density at radius 3 is 2.40 bits per heavy atom. The van der Waals surface area contributed by atoms with E-state index in [4.69, 9.17) is 5.73 Å². The molecule has 15 heavy (non-hydrogen) atoms. The van der Waals surface area contributed by atoms with Crippen LogP contribution in [0.4, 0.5) is 4.39 Å². The number of hydrogen-bond acceptors (Lipinski definition) is 1. The van der Waals surface area contributed by atoms with Gasteiger partial charge in [0.2, 0.25) is 0 Å². The van der Waals surface area contributed by atoms with Crippen LogP contribution in [-0.2, 0) is 6.42 Å². The molecule has 0 amide bonds. The number of hydrogen-bond donors (Lipinski definition) is 1. The van der Waals surface area contributed by atoms with Crippen LogP contribution >= 0.6 is 15.9 Å². The van der Waals surface area contributed by atoms with Gasteiger partial charge in [0.15, 0.2) is 0 Å². The molecule has 0 aromatic heterocycles. The summed E-state index contributed by atoms with van der Waals surface area (Å²) in [6.07, 6.45) is 0.574. The zero-order valence-corrected chi connectivity index (χ0v) is 10.9. The zero-order chi connectivity index (χ0) is 11.6. The Kier molecular flexibility index (Phi) is 4.29. The lowest BCUT2D eigenvalue weighted by Gasteiger charge is -2.12. The molecule has 0 heterocycles. The molecule has 0 aliphatic rings. The molecule has 0 bridgehead atoms. The number of rotatable bonds is 3. The van der Waals surface area contributed by atoms with Crippen LogP contribution in [0.15, 0.2) is 16.6 Å². The Morgan fingerprint density at radius 1 is 1.33 bits per heavy atom. The van der Waals surface area contributed by atoms with Gasteiger partial charge in [-0.25, -0.2) is 4.39 Å². The van der Waals surface area contributed by atoms with Gasteiger partial charge in [-0.1, -0.05) is 19.9 Å². The summed E-state index contributed by atoms with van der Waals surface area (Å²) in [5, 5.41) is 0. The van der Waals surface area contributed by atoms with E-state index in [0.29, 0.717) is 22.4 Å². The molecule has 1 rings (SSSR count). The Balaban J connectivity index is 3.13. The van der Waals surface area contributed by atoms with Gasteiger partial charge in [0.25, 0.3) is 0 Å². The number of halogens is 2. The second kappa shape index (κ2) is 5.08. The minimum atomic E-state index is -0.184. The summed E-state index contributed by atoms with van der Waals surface area (Å²) in [6.45, 7) is 6.07. The molecule has 0 saturated carbocycles. The molecule has 1 aromatic rings. The first-order valence-electron chi connectivity index (χ1n) is 5.15. The predicted octanol–water partition coefficient (Wildman–Crippen LogP) is 3.60. The molecule has 0 aliphatic heterocycles. The Labute approximate surface area is 99.0 Å². The standard InChI is InChI=1S/C12H17BrFN/c1-7(2)9-5-10(4-8(3)15)12(14)11(13)6-9/h5-8H,4,15H2,1-3H3. The largest absolute Gasteiger partial charge is 0.328 e. The van der Waals surface area contributed by atoms with Gasteiger partial charge in [-0.15, -0.1) is 0 Å². The van der Waals surface area contributed by atoms with Crippen LogP contribution in [-0.4, -0.2) is 6.04 Å². The van der Waals surface area contributed by atoms with Crippen molar-refractivity contribution in [3.05, 3.63) is 33.5 Å². The number of benzene rings is 1. The van der Waals surface area contributed by atoms with Gasteiger partial charge < -0.3 is 5.73 Å². The summed E-state index contributed by atoms with van der Waals surface area (Å²) < 4.78 is 14.2. The smallest absolute Gasteiger partial charge is 0.140 e. The summed E-state index contributed by atoms with van der Waals surface area (Å²) in [7, 11) is 0. The molecule has 3 heteroatoms. The van der Waals surface area contributed by atoms with E-state index < -0.39 is 0 Å². The van der Waals surface area contributed by atoms with Crippen molar-refractivity contribution in [2.24, 2.45) is 5.73 Å². The van der Waals surface area contributed by atoms with Gasteiger partial charge in [0.05, 0.1) is 4.47 Å². The lowest BCUT2D eigenvalue weighted by Crippen LogP contribution is -2.18. The third-order valence-electron chi connectivity index (χ3n) is 2.33. The summed E-state index contributed by atoms with van der Waals surface area (Å²) in [4.78, 5) is 0. The van der Waals surface area contributed by atoms with Crippen molar-refractivity contribution in [1.82, 2.24) is 0 Å². The van der Waals surface area contributed by atoms with E-state index in [1.165, 1.54) is 0 Å². The van der Waals surface area contributed by atoms with E-state index in [-0.39, 0.29) is 11.9 Å². The highest BCUT2D eigenvalue weighted by atomic mass is 79.9. The van der Waals surface area contributed by atoms with Crippen molar-refractivity contribution < 1.29 is 4.39 Å². The monoisotopic (exact) mass is 273 g/mol. The van der Waals surface area contributed by atoms with Crippen LogP contribution < -0.4 is 5.73 Å². The minimum Gasteiger partial charge on any atom is -0.328 e. The second-order valence-electron chi connectivity index (χ2n) is 4.31. The van der Waals surface area contributed by atoms with E-state index in [2.05, 4.69) is 29.8 Å². The highest BCUT2D eigenvalue weighted by Crippen LogP contribution is 2.26. The van der Waals surface area contributed by atoms with Gasteiger partial charge in [-0.3, -0.25) is 0 Å². The second-order valence-corrected chi connectivity index (χ2v) is 5.17. The topological polar surface area (TPSA) is 26.0 Å². The van der Waals surface area contributed by atoms with Crippen LogP contribution in [0.3, 0.4) is 0 Å². The molecule has 1 atom stereocenters. The van der Waals surface area contributed by atoms with E-state index in [1.54, 1.807) is 0 Å². The van der Waals surface area contributed by atoms with Crippen LogP contribution in [0.1, 0.15) is 37.8 Å². The molecule has 1 unspecified atom stereocenters. The maximum absolute atomic E-state index is 13.7. The summed E-state index contributed by atoms with van der Waals surface area (Å²) in [5.41, 5.74) is 7.52. The van der Waals surface area contributed by atoms with Crippen LogP contribution in [0.2, 0.25) is 0 Å². The van der Waals surface area contributed by atoms with Gasteiger partial charge in [-0.2, -0.15) is 0 Å². The van der Waals surface area contributed by atoms with E-state index in [1.807, 2.05) is 19.1 Å². The third-order valence-corrected chi connectivity index (χ3v) is 2.91. The molecule has 84 valence electrons. The Bertz CT molecular complexity index is 348. The molecule has 0 aliphatic carbocycles. The maximum Gasteiger partial charge on any atom is 0.140 e. The molecule has 0 radical (unpaired) electrons. The lowest BCUT2D eigenvalue weighted by atomic mass is 9.98.